The molecule has 2 aromatic carbocycles. The highest BCUT2D eigenvalue weighted by molar-refractivity contribution is 7.11. The summed E-state index contributed by atoms with van der Waals surface area (Å²) in [5.74, 6) is -1.31. The summed E-state index contributed by atoms with van der Waals surface area (Å²) < 4.78 is 5.01. The lowest BCUT2D eigenvalue weighted by atomic mass is 10.0. The average molecular weight is 581 g/mol. The molecule has 0 saturated heterocycles. The van der Waals surface area contributed by atoms with Gasteiger partial charge in [0, 0.05) is 47.5 Å². The number of hydrogen-bond acceptors (Lipinski definition) is 10. The molecule has 0 unspecified atom stereocenters. The summed E-state index contributed by atoms with van der Waals surface area (Å²) in [7, 11) is 0. The van der Waals surface area contributed by atoms with E-state index in [-0.39, 0.29) is 55.0 Å². The highest BCUT2D eigenvalue weighted by atomic mass is 32.1. The predicted molar refractivity (Wildman–Crippen MR) is 149 cm³/mol. The number of aromatic nitrogens is 1. The molecule has 0 spiro atoms. The molecule has 0 aliphatic carbocycles. The SMILES string of the molecule is CCOC(=O)Cc1nc2c(s1)CN(C(=O)[C@H](Cc1ccc([N+](=O)[O-])cc1)NC(=O)c1ccc(C(N)=NO)cc1)CC2. The number of non-ortho nitro benzene ring substituents is 1. The number of carbonyl (C=O) groups is 3. The van der Waals surface area contributed by atoms with E-state index in [1.165, 1.54) is 47.7 Å². The number of nitro groups is 1. The highest BCUT2D eigenvalue weighted by Gasteiger charge is 2.31. The molecule has 0 fully saturated rings. The van der Waals surface area contributed by atoms with Crippen molar-refractivity contribution in [2.24, 2.45) is 10.9 Å². The van der Waals surface area contributed by atoms with E-state index in [4.69, 9.17) is 15.7 Å². The molecule has 4 N–H and O–H groups in total. The molecule has 1 atom stereocenters. The molecule has 2 amide bonds. The van der Waals surface area contributed by atoms with E-state index in [2.05, 4.69) is 15.5 Å². The highest BCUT2D eigenvalue weighted by Crippen LogP contribution is 2.26. The molecule has 41 heavy (non-hydrogen) atoms. The Morgan fingerprint density at radius 3 is 2.51 bits per heavy atom. The third-order valence-electron chi connectivity index (χ3n) is 6.43. The number of fused-ring (bicyclic) bond motifs is 1. The van der Waals surface area contributed by atoms with Crippen LogP contribution in [0.4, 0.5) is 5.69 Å². The molecule has 1 aromatic heterocycles. The van der Waals surface area contributed by atoms with Crippen molar-refractivity contribution < 1.29 is 29.3 Å². The van der Waals surface area contributed by atoms with Crippen molar-refractivity contribution >= 4 is 40.6 Å². The van der Waals surface area contributed by atoms with Crippen LogP contribution in [-0.2, 0) is 40.1 Å². The first-order valence-electron chi connectivity index (χ1n) is 12.7. The number of amidine groups is 1. The number of ether oxygens (including phenoxy) is 1. The van der Waals surface area contributed by atoms with Gasteiger partial charge in [0.25, 0.3) is 11.6 Å². The van der Waals surface area contributed by atoms with Crippen molar-refractivity contribution in [2.75, 3.05) is 13.2 Å². The largest absolute Gasteiger partial charge is 0.466 e. The predicted octanol–water partition coefficient (Wildman–Crippen LogP) is 2.18. The third kappa shape index (κ3) is 7.22. The van der Waals surface area contributed by atoms with E-state index in [1.807, 2.05) is 0 Å². The minimum absolute atomic E-state index is 0.0624. The number of rotatable bonds is 10. The van der Waals surface area contributed by atoms with Crippen LogP contribution >= 0.6 is 11.3 Å². The first-order chi connectivity index (χ1) is 19.7. The number of benzene rings is 2. The minimum Gasteiger partial charge on any atom is -0.466 e. The van der Waals surface area contributed by atoms with Crippen LogP contribution in [0.5, 0.6) is 0 Å². The van der Waals surface area contributed by atoms with Gasteiger partial charge in [0.15, 0.2) is 5.84 Å². The number of esters is 1. The molecule has 14 heteroatoms. The van der Waals surface area contributed by atoms with E-state index >= 15 is 0 Å². The minimum atomic E-state index is -0.971. The van der Waals surface area contributed by atoms with E-state index in [0.29, 0.717) is 29.1 Å². The molecule has 0 bridgehead atoms. The normalized spacial score (nSPS) is 13.7. The number of nitro benzene ring substituents is 1. The Balaban J connectivity index is 1.53. The Hall–Kier alpha value is -4.85. The molecule has 2 heterocycles. The van der Waals surface area contributed by atoms with Crippen molar-refractivity contribution in [3.8, 4) is 0 Å². The van der Waals surface area contributed by atoms with E-state index in [9.17, 15) is 24.5 Å². The van der Waals surface area contributed by atoms with Crippen molar-refractivity contribution in [3.05, 3.63) is 90.9 Å². The number of carbonyl (C=O) groups excluding carboxylic acids is 3. The maximum atomic E-state index is 13.8. The summed E-state index contributed by atoms with van der Waals surface area (Å²) >= 11 is 1.35. The van der Waals surface area contributed by atoms with Gasteiger partial charge in [-0.1, -0.05) is 29.4 Å². The fraction of sp³-hybridized carbons (Fsp3) is 0.296. The summed E-state index contributed by atoms with van der Waals surface area (Å²) in [6.07, 6.45) is 0.658. The Bertz CT molecular complexity index is 1470. The van der Waals surface area contributed by atoms with Gasteiger partial charge in [0.05, 0.1) is 30.2 Å². The molecule has 1 aliphatic rings. The van der Waals surface area contributed by atoms with Gasteiger partial charge in [0.1, 0.15) is 11.0 Å². The van der Waals surface area contributed by atoms with Crippen LogP contribution in [0.15, 0.2) is 53.7 Å². The lowest BCUT2D eigenvalue weighted by Gasteiger charge is -2.30. The van der Waals surface area contributed by atoms with Gasteiger partial charge < -0.3 is 25.9 Å². The number of nitrogens with zero attached hydrogens (tertiary/aromatic N) is 4. The van der Waals surface area contributed by atoms with E-state index < -0.39 is 16.9 Å². The molecule has 1 aliphatic heterocycles. The third-order valence-corrected chi connectivity index (χ3v) is 7.51. The summed E-state index contributed by atoms with van der Waals surface area (Å²) in [4.78, 5) is 56.4. The van der Waals surface area contributed by atoms with Gasteiger partial charge in [-0.05, 0) is 24.6 Å². The van der Waals surface area contributed by atoms with Crippen molar-refractivity contribution in [1.82, 2.24) is 15.2 Å². The van der Waals surface area contributed by atoms with Gasteiger partial charge in [-0.2, -0.15) is 0 Å². The second kappa shape index (κ2) is 13.0. The summed E-state index contributed by atoms with van der Waals surface area (Å²) in [6, 6.07) is 10.8. The molecule has 0 radical (unpaired) electrons. The summed E-state index contributed by atoms with van der Waals surface area (Å²) in [6.45, 7) is 2.66. The van der Waals surface area contributed by atoms with Crippen LogP contribution in [0.1, 0.15) is 44.0 Å². The summed E-state index contributed by atoms with van der Waals surface area (Å²) in [5.41, 5.74) is 7.64. The zero-order valence-electron chi connectivity index (χ0n) is 22.1. The number of thiazole rings is 1. The number of amides is 2. The first-order valence-corrected chi connectivity index (χ1v) is 13.5. The number of hydrogen-bond donors (Lipinski definition) is 3. The van der Waals surface area contributed by atoms with Crippen LogP contribution < -0.4 is 11.1 Å². The van der Waals surface area contributed by atoms with Crippen LogP contribution in [0.3, 0.4) is 0 Å². The number of oxime groups is 1. The summed E-state index contributed by atoms with van der Waals surface area (Å²) in [5, 5.41) is 26.3. The van der Waals surface area contributed by atoms with Crippen molar-refractivity contribution in [2.45, 2.75) is 38.8 Å². The van der Waals surface area contributed by atoms with Crippen LogP contribution in [-0.4, -0.2) is 62.8 Å². The average Bonchev–Trinajstić information content (AvgIpc) is 3.37. The fourth-order valence-electron chi connectivity index (χ4n) is 4.35. The molecule has 4 rings (SSSR count). The number of nitrogens with one attached hydrogen (secondary N) is 1. The van der Waals surface area contributed by atoms with Crippen molar-refractivity contribution in [3.63, 3.8) is 0 Å². The monoisotopic (exact) mass is 580 g/mol. The Morgan fingerprint density at radius 1 is 1.20 bits per heavy atom. The quantitative estimate of drug-likeness (QED) is 0.0805. The standard InChI is InChI=1S/C27H28N6O7S/c1-2-40-24(34)14-23-29-20-11-12-32(15-22(20)41-23)27(36)21(13-16-3-9-19(10-4-16)33(38)39)30-26(35)18-7-5-17(6-8-18)25(28)31-37/h3-10,21,37H,2,11-15H2,1H3,(H2,28,31)(H,30,35)/t21-/m0/s1. The molecular weight excluding hydrogens is 552 g/mol. The van der Waals surface area contributed by atoms with Crippen molar-refractivity contribution in [1.29, 1.82) is 0 Å². The van der Waals surface area contributed by atoms with Gasteiger partial charge in [-0.15, -0.1) is 11.3 Å². The van der Waals surface area contributed by atoms with E-state index in [1.54, 1.807) is 24.0 Å². The maximum Gasteiger partial charge on any atom is 0.312 e. The van der Waals surface area contributed by atoms with Crippen LogP contribution in [0, 0.1) is 10.1 Å². The van der Waals surface area contributed by atoms with E-state index in [0.717, 1.165) is 10.6 Å². The topological polar surface area (TPSA) is 190 Å². The van der Waals surface area contributed by atoms with Gasteiger partial charge in [-0.3, -0.25) is 24.5 Å². The van der Waals surface area contributed by atoms with Gasteiger partial charge in [0.2, 0.25) is 5.91 Å². The molecule has 3 aromatic rings. The molecule has 0 saturated carbocycles. The zero-order valence-corrected chi connectivity index (χ0v) is 22.9. The Labute approximate surface area is 238 Å². The van der Waals surface area contributed by atoms with Crippen LogP contribution in [0.25, 0.3) is 0 Å². The Morgan fingerprint density at radius 2 is 1.88 bits per heavy atom. The second-order valence-electron chi connectivity index (χ2n) is 9.19. The molecular formula is C27H28N6O7S. The molecule has 214 valence electrons. The lowest BCUT2D eigenvalue weighted by Crippen LogP contribution is -2.50. The smallest absolute Gasteiger partial charge is 0.312 e. The second-order valence-corrected chi connectivity index (χ2v) is 10.4. The van der Waals surface area contributed by atoms with Crippen LogP contribution in [0.2, 0.25) is 0 Å². The maximum absolute atomic E-state index is 13.8. The first kappa shape index (κ1) is 29.1. The zero-order chi connectivity index (χ0) is 29.5. The van der Waals surface area contributed by atoms with Gasteiger partial charge in [-0.25, -0.2) is 4.98 Å². The molecule has 13 nitrogen and oxygen atoms in total. The van der Waals surface area contributed by atoms with Gasteiger partial charge >= 0.3 is 5.97 Å². The lowest BCUT2D eigenvalue weighted by molar-refractivity contribution is -0.384. The number of nitrogens with two attached hydrogens (primary N) is 1. The fourth-order valence-corrected chi connectivity index (χ4v) is 5.47. The Kier molecular flexibility index (Phi) is 9.24.